The molecule has 0 amide bonds. The van der Waals surface area contributed by atoms with Crippen LogP contribution in [0, 0.1) is 17.8 Å². The third kappa shape index (κ3) is 2.54. The minimum atomic E-state index is 0.649. The van der Waals surface area contributed by atoms with Crippen LogP contribution in [0.25, 0.3) is 0 Å². The van der Waals surface area contributed by atoms with Gasteiger partial charge in [-0.25, -0.2) is 0 Å². The number of hydrogen-bond donors (Lipinski definition) is 1. The number of nitrogens with one attached hydrogen (secondary N) is 1. The molecule has 3 heteroatoms. The fraction of sp³-hybridized carbons (Fsp3) is 0.600. The maximum atomic E-state index is 6.18. The number of rotatable bonds is 4. The number of halogens is 2. The summed E-state index contributed by atoms with van der Waals surface area (Å²) in [6.45, 7) is 1.96. The molecular weight excluding hydrogens is 265 g/mol. The zero-order valence-corrected chi connectivity index (χ0v) is 12.0. The lowest BCUT2D eigenvalue weighted by Crippen LogP contribution is -2.26. The Kier molecular flexibility index (Phi) is 3.83. The first-order chi connectivity index (χ1) is 8.74. The van der Waals surface area contributed by atoms with E-state index >= 15 is 0 Å². The average molecular weight is 284 g/mol. The molecule has 3 unspecified atom stereocenters. The van der Waals surface area contributed by atoms with Crippen LogP contribution in [0.3, 0.4) is 0 Å². The van der Waals surface area contributed by atoms with Crippen LogP contribution in [-0.2, 0) is 6.54 Å². The predicted molar refractivity (Wildman–Crippen MR) is 77.1 cm³/mol. The highest BCUT2D eigenvalue weighted by molar-refractivity contribution is 6.42. The van der Waals surface area contributed by atoms with Crippen molar-refractivity contribution in [3.63, 3.8) is 0 Å². The summed E-state index contributed by atoms with van der Waals surface area (Å²) in [6, 6.07) is 5.84. The highest BCUT2D eigenvalue weighted by Gasteiger charge is 2.38. The summed E-state index contributed by atoms with van der Waals surface area (Å²) in [4.78, 5) is 0. The lowest BCUT2D eigenvalue weighted by atomic mass is 9.89. The van der Waals surface area contributed by atoms with Crippen LogP contribution in [0.1, 0.15) is 31.2 Å². The first kappa shape index (κ1) is 12.8. The van der Waals surface area contributed by atoms with E-state index in [2.05, 4.69) is 5.32 Å². The molecule has 2 bridgehead atoms. The van der Waals surface area contributed by atoms with E-state index in [1.54, 1.807) is 0 Å². The zero-order valence-electron chi connectivity index (χ0n) is 10.5. The van der Waals surface area contributed by atoms with E-state index < -0.39 is 0 Å². The van der Waals surface area contributed by atoms with Crippen LogP contribution in [0.15, 0.2) is 18.2 Å². The Labute approximate surface area is 119 Å². The smallest absolute Gasteiger partial charge is 0.0637 e. The van der Waals surface area contributed by atoms with Gasteiger partial charge >= 0.3 is 0 Å². The van der Waals surface area contributed by atoms with Crippen LogP contribution < -0.4 is 5.32 Å². The van der Waals surface area contributed by atoms with Gasteiger partial charge in [0.15, 0.2) is 0 Å². The normalized spacial score (nSPS) is 30.0. The molecule has 18 heavy (non-hydrogen) atoms. The van der Waals surface area contributed by atoms with E-state index in [4.69, 9.17) is 23.2 Å². The summed E-state index contributed by atoms with van der Waals surface area (Å²) in [5, 5.41) is 4.90. The van der Waals surface area contributed by atoms with Gasteiger partial charge in [-0.3, -0.25) is 0 Å². The number of benzene rings is 1. The Balaban J connectivity index is 1.51. The monoisotopic (exact) mass is 283 g/mol. The van der Waals surface area contributed by atoms with Gasteiger partial charge in [-0.05, 0) is 55.2 Å². The van der Waals surface area contributed by atoms with Gasteiger partial charge < -0.3 is 5.32 Å². The summed E-state index contributed by atoms with van der Waals surface area (Å²) in [5.41, 5.74) is 1.10. The molecule has 3 atom stereocenters. The molecule has 0 saturated heterocycles. The SMILES string of the molecule is Clc1cccc(CNCC2CC3CCC2C3)c1Cl. The van der Waals surface area contributed by atoms with E-state index in [0.717, 1.165) is 36.4 Å². The Bertz CT molecular complexity index is 433. The first-order valence-electron chi connectivity index (χ1n) is 6.87. The molecule has 2 fully saturated rings. The lowest BCUT2D eigenvalue weighted by Gasteiger charge is -2.22. The van der Waals surface area contributed by atoms with Gasteiger partial charge in [-0.15, -0.1) is 0 Å². The van der Waals surface area contributed by atoms with E-state index in [1.165, 1.54) is 25.7 Å². The van der Waals surface area contributed by atoms with Crippen LogP contribution in [0.5, 0.6) is 0 Å². The van der Waals surface area contributed by atoms with Crippen molar-refractivity contribution in [1.29, 1.82) is 0 Å². The number of hydrogen-bond acceptors (Lipinski definition) is 1. The number of fused-ring (bicyclic) bond motifs is 2. The molecule has 1 aromatic rings. The van der Waals surface area contributed by atoms with Gasteiger partial charge in [0.1, 0.15) is 0 Å². The minimum absolute atomic E-state index is 0.649. The van der Waals surface area contributed by atoms with Crippen molar-refractivity contribution in [2.45, 2.75) is 32.2 Å². The molecule has 1 nitrogen and oxygen atoms in total. The lowest BCUT2D eigenvalue weighted by molar-refractivity contribution is 0.318. The second kappa shape index (κ2) is 5.40. The Morgan fingerprint density at radius 2 is 2.06 bits per heavy atom. The fourth-order valence-electron chi connectivity index (χ4n) is 3.70. The second-order valence-corrected chi connectivity index (χ2v) is 6.56. The summed E-state index contributed by atoms with van der Waals surface area (Å²) in [5.74, 6) is 2.90. The Morgan fingerprint density at radius 1 is 1.17 bits per heavy atom. The topological polar surface area (TPSA) is 12.0 Å². The van der Waals surface area contributed by atoms with Gasteiger partial charge in [0, 0.05) is 6.54 Å². The summed E-state index contributed by atoms with van der Waals surface area (Å²) in [6.07, 6.45) is 5.83. The van der Waals surface area contributed by atoms with Crippen molar-refractivity contribution in [2.75, 3.05) is 6.54 Å². The second-order valence-electron chi connectivity index (χ2n) is 5.78. The molecule has 0 radical (unpaired) electrons. The molecule has 3 rings (SSSR count). The standard InChI is InChI=1S/C15H19Cl2N/c16-14-3-1-2-12(15(14)17)8-18-9-13-7-10-4-5-11(13)6-10/h1-3,10-11,13,18H,4-9H2. The molecule has 2 aliphatic rings. The third-order valence-corrected chi connectivity index (χ3v) is 5.50. The predicted octanol–water partition coefficient (Wildman–Crippen LogP) is 4.52. The van der Waals surface area contributed by atoms with Crippen LogP contribution in [0.2, 0.25) is 10.0 Å². The molecule has 1 N–H and O–H groups in total. The van der Waals surface area contributed by atoms with Crippen molar-refractivity contribution < 1.29 is 0 Å². The molecule has 1 aromatic carbocycles. The molecule has 98 valence electrons. The maximum Gasteiger partial charge on any atom is 0.0637 e. The Morgan fingerprint density at radius 3 is 2.78 bits per heavy atom. The first-order valence-corrected chi connectivity index (χ1v) is 7.63. The highest BCUT2D eigenvalue weighted by Crippen LogP contribution is 2.47. The van der Waals surface area contributed by atoms with Crippen LogP contribution in [0.4, 0.5) is 0 Å². The molecule has 0 heterocycles. The maximum absolute atomic E-state index is 6.18. The van der Waals surface area contributed by atoms with Crippen molar-refractivity contribution >= 4 is 23.2 Å². The Hall–Kier alpha value is -0.240. The van der Waals surface area contributed by atoms with E-state index in [0.29, 0.717) is 10.0 Å². The average Bonchev–Trinajstić information content (AvgIpc) is 2.97. The highest BCUT2D eigenvalue weighted by atomic mass is 35.5. The van der Waals surface area contributed by atoms with E-state index in [9.17, 15) is 0 Å². The van der Waals surface area contributed by atoms with Gasteiger partial charge in [-0.1, -0.05) is 41.8 Å². The van der Waals surface area contributed by atoms with E-state index in [-0.39, 0.29) is 0 Å². The van der Waals surface area contributed by atoms with Crippen molar-refractivity contribution in [3.05, 3.63) is 33.8 Å². The molecule has 2 saturated carbocycles. The minimum Gasteiger partial charge on any atom is -0.312 e. The fourth-order valence-corrected chi connectivity index (χ4v) is 4.09. The van der Waals surface area contributed by atoms with Gasteiger partial charge in [-0.2, -0.15) is 0 Å². The van der Waals surface area contributed by atoms with E-state index in [1.807, 2.05) is 18.2 Å². The largest absolute Gasteiger partial charge is 0.312 e. The van der Waals surface area contributed by atoms with Crippen molar-refractivity contribution in [2.24, 2.45) is 17.8 Å². The molecule has 0 aliphatic heterocycles. The summed E-state index contributed by atoms with van der Waals surface area (Å²) >= 11 is 12.2. The van der Waals surface area contributed by atoms with Crippen LogP contribution >= 0.6 is 23.2 Å². The van der Waals surface area contributed by atoms with Crippen molar-refractivity contribution in [1.82, 2.24) is 5.32 Å². The van der Waals surface area contributed by atoms with Gasteiger partial charge in [0.25, 0.3) is 0 Å². The third-order valence-electron chi connectivity index (χ3n) is 4.64. The van der Waals surface area contributed by atoms with Crippen molar-refractivity contribution in [3.8, 4) is 0 Å². The van der Waals surface area contributed by atoms with Gasteiger partial charge in [0.2, 0.25) is 0 Å². The summed E-state index contributed by atoms with van der Waals surface area (Å²) < 4.78 is 0. The van der Waals surface area contributed by atoms with Crippen LogP contribution in [-0.4, -0.2) is 6.54 Å². The summed E-state index contributed by atoms with van der Waals surface area (Å²) in [7, 11) is 0. The zero-order chi connectivity index (χ0) is 12.5. The molecule has 0 aromatic heterocycles. The quantitative estimate of drug-likeness (QED) is 0.857. The molecule has 2 aliphatic carbocycles. The molecular formula is C15H19Cl2N. The van der Waals surface area contributed by atoms with Gasteiger partial charge in [0.05, 0.1) is 10.0 Å². The molecule has 0 spiro atoms.